The van der Waals surface area contributed by atoms with Gasteiger partial charge in [0, 0.05) is 44.2 Å². The monoisotopic (exact) mass is 864 g/mol. The number of unbranched alkanes of at least 4 members (excludes halogenated alkanes) is 1. The molecule has 322 valence electrons. The van der Waals surface area contributed by atoms with E-state index >= 15 is 0 Å². The summed E-state index contributed by atoms with van der Waals surface area (Å²) in [6.07, 6.45) is 3.00. The number of nitrogens with zero attached hydrogens (tertiary/aromatic N) is 2. The zero-order valence-corrected chi connectivity index (χ0v) is 38.3. The fraction of sp³-hybridized carbons (Fsp3) is 0.129. The Morgan fingerprint density at radius 1 is 0.537 bits per heavy atom. The molecular weight excluding hydrogens is 816 g/mol. The minimum atomic E-state index is -0.170. The van der Waals surface area contributed by atoms with Crippen molar-refractivity contribution in [1.82, 2.24) is 4.57 Å². The van der Waals surface area contributed by atoms with Crippen molar-refractivity contribution < 1.29 is 9.15 Å². The van der Waals surface area contributed by atoms with Crippen molar-refractivity contribution in [1.29, 1.82) is 0 Å². The summed E-state index contributed by atoms with van der Waals surface area (Å²) in [5, 5.41) is 4.74. The highest BCUT2D eigenvalue weighted by atomic mass is 16.5. The van der Waals surface area contributed by atoms with Gasteiger partial charge in [-0.15, -0.1) is 0 Å². The largest absolute Gasteiger partial charge is 0.458 e. The topological polar surface area (TPSA) is 30.5 Å². The van der Waals surface area contributed by atoms with E-state index in [1.165, 1.54) is 71.7 Å². The highest BCUT2D eigenvalue weighted by molar-refractivity contribution is 6.99. The van der Waals surface area contributed by atoms with Gasteiger partial charge in [0.15, 0.2) is 0 Å². The summed E-state index contributed by atoms with van der Waals surface area (Å²) in [5.41, 5.74) is 19.4. The van der Waals surface area contributed by atoms with Gasteiger partial charge in [0.1, 0.15) is 22.7 Å². The van der Waals surface area contributed by atoms with Crippen molar-refractivity contribution >= 4 is 83.9 Å². The van der Waals surface area contributed by atoms with Gasteiger partial charge >= 0.3 is 0 Å². The number of furan rings is 1. The van der Waals surface area contributed by atoms with Crippen LogP contribution in [0.1, 0.15) is 51.7 Å². The maximum atomic E-state index is 7.21. The zero-order valence-electron chi connectivity index (χ0n) is 38.3. The van der Waals surface area contributed by atoms with Gasteiger partial charge in [0.2, 0.25) is 0 Å². The molecule has 0 unspecified atom stereocenters. The van der Waals surface area contributed by atoms with E-state index in [0.717, 1.165) is 75.3 Å². The van der Waals surface area contributed by atoms with Crippen molar-refractivity contribution in [2.45, 2.75) is 52.4 Å². The number of para-hydroxylation sites is 3. The first kappa shape index (κ1) is 39.6. The third kappa shape index (κ3) is 6.14. The lowest BCUT2D eigenvalue weighted by atomic mass is 9.34. The first-order valence-electron chi connectivity index (χ1n) is 23.8. The molecule has 0 atom stereocenters. The Morgan fingerprint density at radius 2 is 1.21 bits per heavy atom. The summed E-state index contributed by atoms with van der Waals surface area (Å²) in [6.45, 7) is 9.14. The van der Waals surface area contributed by atoms with Crippen LogP contribution in [0.3, 0.4) is 0 Å². The number of hydrogen-bond donors (Lipinski definition) is 0. The number of hydrogen-bond acceptors (Lipinski definition) is 3. The molecule has 2 aliphatic rings. The van der Waals surface area contributed by atoms with E-state index in [9.17, 15) is 0 Å². The highest BCUT2D eigenvalue weighted by Crippen LogP contribution is 2.52. The van der Waals surface area contributed by atoms with Gasteiger partial charge < -0.3 is 18.6 Å². The maximum absolute atomic E-state index is 7.21. The first-order chi connectivity index (χ1) is 32.8. The van der Waals surface area contributed by atoms with Crippen LogP contribution in [-0.4, -0.2) is 11.3 Å². The van der Waals surface area contributed by atoms with E-state index in [1.54, 1.807) is 0 Å². The predicted molar refractivity (Wildman–Crippen MR) is 282 cm³/mol. The molecule has 0 radical (unpaired) electrons. The van der Waals surface area contributed by atoms with E-state index in [-0.39, 0.29) is 12.1 Å². The van der Waals surface area contributed by atoms with Gasteiger partial charge in [0.05, 0.1) is 16.7 Å². The van der Waals surface area contributed by atoms with Crippen molar-refractivity contribution in [2.75, 3.05) is 4.90 Å². The smallest absolute Gasteiger partial charge is 0.256 e. The number of anilines is 3. The molecule has 0 spiro atoms. The lowest BCUT2D eigenvalue weighted by Crippen LogP contribution is -2.59. The third-order valence-electron chi connectivity index (χ3n) is 14.4. The Balaban J connectivity index is 1.19. The molecule has 4 nitrogen and oxygen atoms in total. The summed E-state index contributed by atoms with van der Waals surface area (Å²) in [6, 6.07) is 69.1. The average molecular weight is 865 g/mol. The third-order valence-corrected chi connectivity index (χ3v) is 14.4. The fourth-order valence-corrected chi connectivity index (χ4v) is 11.2. The number of fused-ring (bicyclic) bond motifs is 10. The van der Waals surface area contributed by atoms with Crippen molar-refractivity contribution in [3.05, 3.63) is 199 Å². The molecule has 0 N–H and O–H groups in total. The summed E-state index contributed by atoms with van der Waals surface area (Å²) >= 11 is 0. The van der Waals surface area contributed by atoms with Gasteiger partial charge in [0.25, 0.3) is 6.71 Å². The van der Waals surface area contributed by atoms with Gasteiger partial charge in [-0.25, -0.2) is 0 Å². The van der Waals surface area contributed by atoms with E-state index in [0.29, 0.717) is 0 Å². The normalized spacial score (nSPS) is 13.0. The Hall–Kier alpha value is -7.76. The molecular formula is C62H49BN2O2. The second-order valence-corrected chi connectivity index (χ2v) is 19.5. The Labute approximate surface area is 391 Å². The first-order valence-corrected chi connectivity index (χ1v) is 23.8. The van der Waals surface area contributed by atoms with Crippen LogP contribution < -0.4 is 26.0 Å². The highest BCUT2D eigenvalue weighted by Gasteiger charge is 2.44. The van der Waals surface area contributed by atoms with Crippen LogP contribution in [0.4, 0.5) is 17.1 Å². The molecule has 11 aromatic rings. The molecule has 0 amide bonds. The van der Waals surface area contributed by atoms with E-state index < -0.39 is 0 Å². The molecule has 9 aromatic carbocycles. The van der Waals surface area contributed by atoms with Crippen LogP contribution in [0.5, 0.6) is 11.5 Å². The van der Waals surface area contributed by atoms with Gasteiger partial charge in [-0.05, 0) is 117 Å². The summed E-state index contributed by atoms with van der Waals surface area (Å²) < 4.78 is 16.5. The van der Waals surface area contributed by atoms with Crippen molar-refractivity contribution in [3.8, 4) is 39.4 Å². The minimum Gasteiger partial charge on any atom is -0.458 e. The molecule has 13 rings (SSSR count). The standard InChI is InChI=1S/C62H49BN2O2/c1-5-6-19-42-35-56-59(47-26-15-18-29-54(47)66-56)58(40-22-11-8-12-23-40)61(42)65-52-38-44(64-50-27-16-13-24-45(50)46-25-14-17-28-51(46)64)31-32-48(52)63-49-34-41(39-20-9-7-10-21-39)30-33-55(49)67-57-37-43(62(2,3)4)36-53(65)60(57)63/h7-18,20-38H,5-6,19H2,1-4H3. The van der Waals surface area contributed by atoms with Crippen LogP contribution >= 0.6 is 0 Å². The Bertz CT molecular complexity index is 3710. The number of rotatable bonds is 7. The van der Waals surface area contributed by atoms with Crippen LogP contribution in [0, 0.1) is 0 Å². The van der Waals surface area contributed by atoms with Gasteiger partial charge in [-0.2, -0.15) is 0 Å². The van der Waals surface area contributed by atoms with Gasteiger partial charge in [-0.3, -0.25) is 0 Å². The number of aromatic nitrogens is 1. The number of ether oxygens (including phenoxy) is 1. The minimum absolute atomic E-state index is 0.0948. The van der Waals surface area contributed by atoms with Crippen molar-refractivity contribution in [2.24, 2.45) is 0 Å². The number of aryl methyl sites for hydroxylation is 1. The second kappa shape index (κ2) is 15.1. The van der Waals surface area contributed by atoms with Crippen molar-refractivity contribution in [3.63, 3.8) is 0 Å². The van der Waals surface area contributed by atoms with E-state index in [4.69, 9.17) is 9.15 Å². The molecule has 0 aliphatic carbocycles. The predicted octanol–water partition coefficient (Wildman–Crippen LogP) is 15.1. The molecule has 0 bridgehead atoms. The summed E-state index contributed by atoms with van der Waals surface area (Å²) in [4.78, 5) is 2.64. The molecule has 0 saturated carbocycles. The van der Waals surface area contributed by atoms with E-state index in [2.05, 4.69) is 225 Å². The second-order valence-electron chi connectivity index (χ2n) is 19.5. The lowest BCUT2D eigenvalue weighted by molar-refractivity contribution is 0.483. The molecule has 67 heavy (non-hydrogen) atoms. The maximum Gasteiger partial charge on any atom is 0.256 e. The summed E-state index contributed by atoms with van der Waals surface area (Å²) in [7, 11) is 0. The molecule has 0 saturated heterocycles. The molecule has 4 heterocycles. The van der Waals surface area contributed by atoms with Crippen LogP contribution in [0.25, 0.3) is 71.7 Å². The molecule has 5 heteroatoms. The van der Waals surface area contributed by atoms with Crippen LogP contribution in [0.2, 0.25) is 0 Å². The fourth-order valence-electron chi connectivity index (χ4n) is 11.2. The van der Waals surface area contributed by atoms with Gasteiger partial charge in [-0.1, -0.05) is 168 Å². The average Bonchev–Trinajstić information content (AvgIpc) is 3.91. The molecule has 2 aliphatic heterocycles. The Kier molecular flexibility index (Phi) is 8.95. The molecule has 0 fully saturated rings. The molecule has 2 aromatic heterocycles. The number of benzene rings is 9. The van der Waals surface area contributed by atoms with Crippen LogP contribution in [0.15, 0.2) is 192 Å². The summed E-state index contributed by atoms with van der Waals surface area (Å²) in [5.74, 6) is 1.82. The Morgan fingerprint density at radius 3 is 1.93 bits per heavy atom. The lowest BCUT2D eigenvalue weighted by Gasteiger charge is -2.42. The quantitative estimate of drug-likeness (QED) is 0.150. The zero-order chi connectivity index (χ0) is 45.0. The SMILES string of the molecule is CCCCc1cc2oc3ccccc3c2c(-c2ccccc2)c1N1c2cc(-n3c4ccccc4c4ccccc43)ccc2B2c3cc(-c4ccccc4)ccc3Oc3cc(C(C)(C)C)cc1c32. The van der Waals surface area contributed by atoms with E-state index in [1.807, 2.05) is 0 Å². The van der Waals surface area contributed by atoms with Crippen LogP contribution in [-0.2, 0) is 11.8 Å².